The number of hydrogen-bond acceptors (Lipinski definition) is 4. The molecule has 0 fully saturated rings. The number of amides is 2. The summed E-state index contributed by atoms with van der Waals surface area (Å²) in [5.74, 6) is -2.18. The molecule has 0 saturated carbocycles. The van der Waals surface area contributed by atoms with Crippen molar-refractivity contribution in [2.24, 2.45) is 5.92 Å². The molecular weight excluding hydrogens is 560 g/mol. The van der Waals surface area contributed by atoms with Crippen LogP contribution < -0.4 is 10.6 Å². The second-order valence-corrected chi connectivity index (χ2v) is 11.8. The molecule has 6 nitrogen and oxygen atoms in total. The zero-order chi connectivity index (χ0) is 32.1. The van der Waals surface area contributed by atoms with Crippen LogP contribution >= 0.6 is 0 Å². The lowest BCUT2D eigenvalue weighted by Crippen LogP contribution is -2.47. The zero-order valence-electron chi connectivity index (χ0n) is 26.5. The number of esters is 1. The van der Waals surface area contributed by atoms with Gasteiger partial charge < -0.3 is 15.4 Å². The standard InChI is InChI=1S/C39H40N2O4/c1-6-24(2)15-22-34(42)41-37(26(4)28-11-8-7-9-12-28)39(44)45-27(5)25(3)38(43)40-23-32-19-18-31-17-16-29-13-10-14-30-20-21-33(32)36(31)35(29)30/h6-22,25-27,37H,23H2,1-5H3,(H,40,43)(H,41,42)/b22-15+,24-6+. The molecule has 2 amide bonds. The maximum atomic E-state index is 13.5. The zero-order valence-corrected chi connectivity index (χ0v) is 26.5. The molecule has 0 heterocycles. The Morgan fingerprint density at radius 3 is 2.11 bits per heavy atom. The molecule has 2 N–H and O–H groups in total. The Kier molecular flexibility index (Phi) is 9.62. The van der Waals surface area contributed by atoms with Crippen LogP contribution in [0.2, 0.25) is 0 Å². The van der Waals surface area contributed by atoms with Crippen LogP contribution in [-0.4, -0.2) is 29.9 Å². The van der Waals surface area contributed by atoms with Gasteiger partial charge in [-0.2, -0.15) is 0 Å². The molecule has 0 saturated heterocycles. The van der Waals surface area contributed by atoms with Gasteiger partial charge in [0.2, 0.25) is 11.8 Å². The van der Waals surface area contributed by atoms with Crippen LogP contribution in [0, 0.1) is 5.92 Å². The second-order valence-electron chi connectivity index (χ2n) is 11.8. The van der Waals surface area contributed by atoms with Crippen LogP contribution in [0.5, 0.6) is 0 Å². The van der Waals surface area contributed by atoms with Crippen LogP contribution in [-0.2, 0) is 25.7 Å². The molecule has 4 unspecified atom stereocenters. The molecule has 4 atom stereocenters. The largest absolute Gasteiger partial charge is 0.460 e. The normalized spacial score (nSPS) is 14.8. The van der Waals surface area contributed by atoms with Crippen molar-refractivity contribution in [2.45, 2.75) is 59.2 Å². The number of rotatable bonds is 11. The fraction of sp³-hybridized carbons (Fsp3) is 0.256. The summed E-state index contributed by atoms with van der Waals surface area (Å²) in [7, 11) is 0. The SMILES string of the molecule is C/C=C(C)/C=C/C(=O)NC(C(=O)OC(C)C(C)C(=O)NCc1ccc2ccc3cccc4ccc1c2c34)C(C)c1ccccc1. The molecular formula is C39H40N2O4. The summed E-state index contributed by atoms with van der Waals surface area (Å²) in [6, 6.07) is 27.6. The van der Waals surface area contributed by atoms with Crippen LogP contribution in [0.1, 0.15) is 51.7 Å². The van der Waals surface area contributed by atoms with Crippen LogP contribution in [0.15, 0.2) is 109 Å². The Balaban J connectivity index is 1.28. The highest BCUT2D eigenvalue weighted by Crippen LogP contribution is 2.36. The molecule has 0 aliphatic rings. The maximum absolute atomic E-state index is 13.5. The van der Waals surface area contributed by atoms with Gasteiger partial charge >= 0.3 is 5.97 Å². The van der Waals surface area contributed by atoms with Crippen LogP contribution in [0.25, 0.3) is 32.3 Å². The first kappa shape index (κ1) is 31.5. The van der Waals surface area contributed by atoms with Gasteiger partial charge in [0.15, 0.2) is 0 Å². The number of carbonyl (C=O) groups excluding carboxylic acids is 3. The number of benzene rings is 5. The molecule has 230 valence electrons. The summed E-state index contributed by atoms with van der Waals surface area (Å²) in [5.41, 5.74) is 2.84. The summed E-state index contributed by atoms with van der Waals surface area (Å²) < 4.78 is 5.84. The quantitative estimate of drug-likeness (QED) is 0.0709. The van der Waals surface area contributed by atoms with E-state index in [1.165, 1.54) is 27.6 Å². The van der Waals surface area contributed by atoms with Gasteiger partial charge in [-0.15, -0.1) is 0 Å². The predicted octanol–water partition coefficient (Wildman–Crippen LogP) is 7.58. The van der Waals surface area contributed by atoms with E-state index in [1.807, 2.05) is 57.2 Å². The predicted molar refractivity (Wildman–Crippen MR) is 182 cm³/mol. The monoisotopic (exact) mass is 600 g/mol. The number of allylic oxidation sites excluding steroid dienone is 3. The van der Waals surface area contributed by atoms with Gasteiger partial charge in [-0.05, 0) is 64.2 Å². The Morgan fingerprint density at radius 1 is 0.778 bits per heavy atom. The first-order valence-corrected chi connectivity index (χ1v) is 15.5. The molecule has 0 spiro atoms. The fourth-order valence-electron chi connectivity index (χ4n) is 5.71. The number of hydrogen-bond donors (Lipinski definition) is 2. The summed E-state index contributed by atoms with van der Waals surface area (Å²) >= 11 is 0. The molecule has 0 aromatic heterocycles. The third-order valence-corrected chi connectivity index (χ3v) is 8.82. The van der Waals surface area contributed by atoms with E-state index in [-0.39, 0.29) is 11.8 Å². The molecule has 0 aliphatic carbocycles. The van der Waals surface area contributed by atoms with E-state index in [2.05, 4.69) is 65.2 Å². The van der Waals surface area contributed by atoms with Crippen molar-refractivity contribution in [3.63, 3.8) is 0 Å². The van der Waals surface area contributed by atoms with Gasteiger partial charge in [0.1, 0.15) is 12.1 Å². The molecule has 5 rings (SSSR count). The maximum Gasteiger partial charge on any atom is 0.329 e. The van der Waals surface area contributed by atoms with Crippen molar-refractivity contribution in [1.82, 2.24) is 10.6 Å². The van der Waals surface area contributed by atoms with Crippen molar-refractivity contribution in [2.75, 3.05) is 0 Å². The molecule has 0 radical (unpaired) electrons. The minimum Gasteiger partial charge on any atom is -0.460 e. The summed E-state index contributed by atoms with van der Waals surface area (Å²) in [4.78, 5) is 39.6. The molecule has 6 heteroatoms. The van der Waals surface area contributed by atoms with E-state index in [1.54, 1.807) is 19.9 Å². The van der Waals surface area contributed by atoms with E-state index in [0.717, 1.165) is 27.5 Å². The Bertz CT molecular complexity index is 1880. The second kappa shape index (κ2) is 13.8. The Labute approximate surface area is 264 Å². The summed E-state index contributed by atoms with van der Waals surface area (Å²) in [6.07, 6.45) is 4.27. The third kappa shape index (κ3) is 6.91. The van der Waals surface area contributed by atoms with Crippen LogP contribution in [0.3, 0.4) is 0 Å². The Hall–Kier alpha value is -4.97. The van der Waals surface area contributed by atoms with E-state index < -0.39 is 29.9 Å². The first-order valence-electron chi connectivity index (χ1n) is 15.5. The number of nitrogens with one attached hydrogen (secondary N) is 2. The Morgan fingerprint density at radius 2 is 1.42 bits per heavy atom. The van der Waals surface area contributed by atoms with E-state index in [0.29, 0.717) is 6.54 Å². The minimum atomic E-state index is -0.939. The molecule has 0 bridgehead atoms. The lowest BCUT2D eigenvalue weighted by Gasteiger charge is -2.27. The van der Waals surface area contributed by atoms with Crippen molar-refractivity contribution in [3.05, 3.63) is 120 Å². The van der Waals surface area contributed by atoms with Gasteiger partial charge in [-0.1, -0.05) is 117 Å². The minimum absolute atomic E-state index is 0.220. The topological polar surface area (TPSA) is 84.5 Å². The number of ether oxygens (including phenoxy) is 1. The van der Waals surface area contributed by atoms with Crippen LogP contribution in [0.4, 0.5) is 0 Å². The average Bonchev–Trinajstić information content (AvgIpc) is 3.07. The molecule has 0 aliphatic heterocycles. The van der Waals surface area contributed by atoms with Gasteiger partial charge in [0.05, 0.1) is 5.92 Å². The first-order chi connectivity index (χ1) is 21.7. The lowest BCUT2D eigenvalue weighted by molar-refractivity contribution is -0.156. The van der Waals surface area contributed by atoms with E-state index >= 15 is 0 Å². The van der Waals surface area contributed by atoms with Gasteiger partial charge in [0, 0.05) is 18.5 Å². The average molecular weight is 601 g/mol. The molecule has 5 aromatic carbocycles. The smallest absolute Gasteiger partial charge is 0.329 e. The van der Waals surface area contributed by atoms with Crippen molar-refractivity contribution >= 4 is 50.1 Å². The van der Waals surface area contributed by atoms with Crippen molar-refractivity contribution in [1.29, 1.82) is 0 Å². The van der Waals surface area contributed by atoms with Crippen molar-refractivity contribution in [3.8, 4) is 0 Å². The fourth-order valence-corrected chi connectivity index (χ4v) is 5.71. The lowest BCUT2D eigenvalue weighted by atomic mass is 9.92. The number of carbonyl (C=O) groups is 3. The van der Waals surface area contributed by atoms with Gasteiger partial charge in [-0.25, -0.2) is 4.79 Å². The third-order valence-electron chi connectivity index (χ3n) is 8.82. The summed E-state index contributed by atoms with van der Waals surface area (Å²) in [5, 5.41) is 13.0. The highest BCUT2D eigenvalue weighted by Gasteiger charge is 2.32. The van der Waals surface area contributed by atoms with E-state index in [9.17, 15) is 14.4 Å². The molecule has 45 heavy (non-hydrogen) atoms. The molecule has 5 aromatic rings. The van der Waals surface area contributed by atoms with Crippen molar-refractivity contribution < 1.29 is 19.1 Å². The van der Waals surface area contributed by atoms with E-state index in [4.69, 9.17) is 4.74 Å². The highest BCUT2D eigenvalue weighted by molar-refractivity contribution is 6.23. The van der Waals surface area contributed by atoms with Gasteiger partial charge in [0.25, 0.3) is 0 Å². The van der Waals surface area contributed by atoms with Gasteiger partial charge in [-0.3, -0.25) is 9.59 Å². The summed E-state index contributed by atoms with van der Waals surface area (Å²) in [6.45, 7) is 9.45. The highest BCUT2D eigenvalue weighted by atomic mass is 16.5.